The number of esters is 2. The van der Waals surface area contributed by atoms with Gasteiger partial charge in [-0.05, 0) is 74.3 Å². The Balaban J connectivity index is 1.67. The number of hydrogen-bond acceptors (Lipinski definition) is 7. The molecular formula is C31H40O7. The Labute approximate surface area is 224 Å². The van der Waals surface area contributed by atoms with E-state index < -0.39 is 52.8 Å². The summed E-state index contributed by atoms with van der Waals surface area (Å²) in [5.74, 6) is -1.30. The first-order chi connectivity index (χ1) is 17.7. The Bertz CT molecular complexity index is 1160. The molecule has 0 aliphatic heterocycles. The number of ether oxygens (including phenoxy) is 2. The number of rotatable bonds is 5. The first kappa shape index (κ1) is 28.3. The lowest BCUT2D eigenvalue weighted by Crippen LogP contribution is -2.50. The fraction of sp³-hybridized carbons (Fsp3) is 0.548. The zero-order valence-corrected chi connectivity index (χ0v) is 22.9. The maximum absolute atomic E-state index is 12.7. The molecule has 0 aromatic heterocycles. The van der Waals surface area contributed by atoms with E-state index in [1.165, 1.54) is 13.0 Å². The predicted molar refractivity (Wildman–Crippen MR) is 144 cm³/mol. The van der Waals surface area contributed by atoms with Crippen LogP contribution in [0.1, 0.15) is 65.9 Å². The third kappa shape index (κ3) is 4.76. The van der Waals surface area contributed by atoms with Crippen LogP contribution in [0.15, 0.2) is 59.7 Å². The van der Waals surface area contributed by atoms with E-state index in [4.69, 9.17) is 9.47 Å². The van der Waals surface area contributed by atoms with Crippen LogP contribution in [0.2, 0.25) is 0 Å². The van der Waals surface area contributed by atoms with E-state index in [-0.39, 0.29) is 12.3 Å². The van der Waals surface area contributed by atoms with Crippen molar-refractivity contribution in [2.75, 3.05) is 0 Å². The SMILES string of the molecule is C=C1[C@@H](OC(=O)C=Cc2ccccc2)CC[C@]2(C)[C@H]1C[C@]1(C(C)(C)O)C[C@H](OC(C)=O)C(C)=C1[C@@H](O)[C@@H]2O. The lowest BCUT2D eigenvalue weighted by atomic mass is 9.57. The second-order valence-corrected chi connectivity index (χ2v) is 12.0. The highest BCUT2D eigenvalue weighted by Gasteiger charge is 2.64. The Morgan fingerprint density at radius 2 is 1.76 bits per heavy atom. The highest BCUT2D eigenvalue weighted by atomic mass is 16.5. The van der Waals surface area contributed by atoms with E-state index in [0.29, 0.717) is 36.0 Å². The maximum atomic E-state index is 12.7. The van der Waals surface area contributed by atoms with E-state index in [9.17, 15) is 24.9 Å². The molecule has 206 valence electrons. The van der Waals surface area contributed by atoms with Crippen molar-refractivity contribution in [3.05, 3.63) is 65.3 Å². The Kier molecular flexibility index (Phi) is 7.51. The quantitative estimate of drug-likeness (QED) is 0.302. The van der Waals surface area contributed by atoms with Crippen molar-refractivity contribution < 1.29 is 34.4 Å². The molecule has 4 rings (SSSR count). The van der Waals surface area contributed by atoms with Gasteiger partial charge in [-0.25, -0.2) is 4.79 Å². The monoisotopic (exact) mass is 524 g/mol. The molecule has 0 spiro atoms. The van der Waals surface area contributed by atoms with Crippen molar-refractivity contribution in [2.45, 2.75) is 90.3 Å². The van der Waals surface area contributed by atoms with Gasteiger partial charge in [-0.15, -0.1) is 0 Å². The molecule has 2 saturated carbocycles. The zero-order chi connectivity index (χ0) is 28.0. The summed E-state index contributed by atoms with van der Waals surface area (Å²) in [6.07, 6.45) is 1.10. The van der Waals surface area contributed by atoms with Crippen molar-refractivity contribution in [3.8, 4) is 0 Å². The summed E-state index contributed by atoms with van der Waals surface area (Å²) in [7, 11) is 0. The smallest absolute Gasteiger partial charge is 0.331 e. The van der Waals surface area contributed by atoms with Crippen LogP contribution in [0.25, 0.3) is 6.08 Å². The number of carbonyl (C=O) groups excluding carboxylic acids is 2. The fourth-order valence-corrected chi connectivity index (χ4v) is 7.08. The number of fused-ring (bicyclic) bond motifs is 2. The first-order valence-corrected chi connectivity index (χ1v) is 13.3. The van der Waals surface area contributed by atoms with Gasteiger partial charge in [0.1, 0.15) is 18.3 Å². The Hall–Kier alpha value is -2.74. The minimum Gasteiger partial charge on any atom is -0.458 e. The molecule has 3 aliphatic rings. The van der Waals surface area contributed by atoms with Crippen LogP contribution in [0.5, 0.6) is 0 Å². The van der Waals surface area contributed by atoms with Gasteiger partial charge >= 0.3 is 11.9 Å². The van der Waals surface area contributed by atoms with Gasteiger partial charge in [0.25, 0.3) is 0 Å². The second kappa shape index (κ2) is 10.1. The molecule has 0 heterocycles. The van der Waals surface area contributed by atoms with Crippen molar-refractivity contribution >= 4 is 18.0 Å². The molecule has 1 aromatic rings. The highest BCUT2D eigenvalue weighted by molar-refractivity contribution is 5.87. The highest BCUT2D eigenvalue weighted by Crippen LogP contribution is 2.64. The zero-order valence-electron chi connectivity index (χ0n) is 22.9. The minimum atomic E-state index is -1.31. The largest absolute Gasteiger partial charge is 0.458 e. The average molecular weight is 525 g/mol. The van der Waals surface area contributed by atoms with Gasteiger partial charge in [-0.3, -0.25) is 4.79 Å². The second-order valence-electron chi connectivity index (χ2n) is 12.0. The van der Waals surface area contributed by atoms with Crippen molar-refractivity contribution in [3.63, 3.8) is 0 Å². The van der Waals surface area contributed by atoms with E-state index >= 15 is 0 Å². The number of carbonyl (C=O) groups is 2. The van der Waals surface area contributed by atoms with Crippen molar-refractivity contribution in [1.82, 2.24) is 0 Å². The molecule has 38 heavy (non-hydrogen) atoms. The van der Waals surface area contributed by atoms with Crippen LogP contribution < -0.4 is 0 Å². The van der Waals surface area contributed by atoms with E-state index in [1.54, 1.807) is 26.8 Å². The molecule has 0 amide bonds. The molecule has 0 radical (unpaired) electrons. The summed E-state index contributed by atoms with van der Waals surface area (Å²) in [5, 5.41) is 34.7. The number of aliphatic hydroxyl groups is 3. The van der Waals surface area contributed by atoms with E-state index in [2.05, 4.69) is 6.58 Å². The lowest BCUT2D eigenvalue weighted by molar-refractivity contribution is -0.147. The standard InChI is InChI=1S/C31H40O7/c1-18-22-16-31(29(4,5)36)17-24(37-20(3)32)19(2)26(31)27(34)28(35)30(22,6)15-14-23(18)38-25(33)13-12-21-10-8-7-9-11-21/h7-13,22-24,27-28,34-36H,1,14-17H2,2-6H3/t22-,23-,24-,27+,28-,30+,31-/m0/s1. The van der Waals surface area contributed by atoms with E-state index in [0.717, 1.165) is 5.56 Å². The summed E-state index contributed by atoms with van der Waals surface area (Å²) >= 11 is 0. The Morgan fingerprint density at radius 3 is 2.37 bits per heavy atom. The summed E-state index contributed by atoms with van der Waals surface area (Å²) in [5.41, 5.74) is -0.320. The van der Waals surface area contributed by atoms with Gasteiger partial charge in [-0.1, -0.05) is 43.8 Å². The molecule has 2 fully saturated rings. The molecule has 7 heteroatoms. The number of aliphatic hydroxyl groups excluding tert-OH is 2. The molecule has 0 unspecified atom stereocenters. The summed E-state index contributed by atoms with van der Waals surface area (Å²) in [6.45, 7) is 12.8. The topological polar surface area (TPSA) is 113 Å². The van der Waals surface area contributed by atoms with Crippen LogP contribution in [0, 0.1) is 16.7 Å². The fourth-order valence-electron chi connectivity index (χ4n) is 7.08. The van der Waals surface area contributed by atoms with E-state index in [1.807, 2.05) is 37.3 Å². The van der Waals surface area contributed by atoms with Crippen LogP contribution in [0.3, 0.4) is 0 Å². The third-order valence-corrected chi connectivity index (χ3v) is 9.33. The molecule has 7 atom stereocenters. The molecular weight excluding hydrogens is 484 g/mol. The maximum Gasteiger partial charge on any atom is 0.331 e. The van der Waals surface area contributed by atoms with Gasteiger partial charge in [-0.2, -0.15) is 0 Å². The summed E-state index contributed by atoms with van der Waals surface area (Å²) in [4.78, 5) is 24.6. The van der Waals surface area contributed by atoms with Gasteiger partial charge < -0.3 is 24.8 Å². The molecule has 0 bridgehead atoms. The number of benzene rings is 1. The average Bonchev–Trinajstić information content (AvgIpc) is 3.09. The van der Waals surface area contributed by atoms with Crippen LogP contribution >= 0.6 is 0 Å². The van der Waals surface area contributed by atoms with Crippen LogP contribution in [-0.2, 0) is 19.1 Å². The van der Waals surface area contributed by atoms with Crippen molar-refractivity contribution in [2.24, 2.45) is 16.7 Å². The number of hydrogen-bond donors (Lipinski definition) is 3. The first-order valence-electron chi connectivity index (χ1n) is 13.3. The minimum absolute atomic E-state index is 0.283. The lowest BCUT2D eigenvalue weighted by Gasteiger charge is -2.50. The Morgan fingerprint density at radius 1 is 1.11 bits per heavy atom. The van der Waals surface area contributed by atoms with Gasteiger partial charge in [0.05, 0.1) is 11.7 Å². The van der Waals surface area contributed by atoms with Gasteiger partial charge in [0, 0.05) is 30.3 Å². The van der Waals surface area contributed by atoms with Crippen LogP contribution in [-0.4, -0.2) is 57.3 Å². The van der Waals surface area contributed by atoms with Gasteiger partial charge in [0.15, 0.2) is 0 Å². The molecule has 0 saturated heterocycles. The van der Waals surface area contributed by atoms with Crippen molar-refractivity contribution in [1.29, 1.82) is 0 Å². The normalized spacial score (nSPS) is 35.5. The van der Waals surface area contributed by atoms with Crippen LogP contribution in [0.4, 0.5) is 0 Å². The summed E-state index contributed by atoms with van der Waals surface area (Å²) in [6, 6.07) is 9.46. The molecule has 1 aromatic carbocycles. The molecule has 3 aliphatic carbocycles. The molecule has 3 N–H and O–H groups in total. The third-order valence-electron chi connectivity index (χ3n) is 9.33. The summed E-state index contributed by atoms with van der Waals surface area (Å²) < 4.78 is 11.4. The molecule has 7 nitrogen and oxygen atoms in total. The van der Waals surface area contributed by atoms with Gasteiger partial charge in [0.2, 0.25) is 0 Å². The predicted octanol–water partition coefficient (Wildman–Crippen LogP) is 4.12.